The van der Waals surface area contributed by atoms with E-state index in [0.29, 0.717) is 11.3 Å². The van der Waals surface area contributed by atoms with E-state index in [4.69, 9.17) is 0 Å². The Morgan fingerprint density at radius 3 is 2.08 bits per heavy atom. The number of rotatable bonds is 2. The maximum atomic E-state index is 12.8. The number of carbonyl (C=O) groups is 2. The van der Waals surface area contributed by atoms with Crippen LogP contribution in [0, 0.1) is 5.92 Å². The Labute approximate surface area is 148 Å². The molecule has 136 valence electrons. The van der Waals surface area contributed by atoms with Crippen LogP contribution in [0.4, 0.5) is 5.69 Å². The largest absolute Gasteiger partial charge is 0.333 e. The number of likely N-dealkylation sites (tertiary alicyclic amines) is 1. The van der Waals surface area contributed by atoms with E-state index < -0.39 is 21.8 Å². The van der Waals surface area contributed by atoms with Gasteiger partial charge in [-0.25, -0.2) is 12.7 Å². The molecule has 2 heterocycles. The molecule has 0 bridgehead atoms. The Balaban J connectivity index is 1.85. The predicted molar refractivity (Wildman–Crippen MR) is 95.8 cm³/mol. The van der Waals surface area contributed by atoms with Crippen molar-refractivity contribution in [2.24, 2.45) is 5.92 Å². The molecule has 1 aromatic rings. The Kier molecular flexibility index (Phi) is 4.62. The minimum atomic E-state index is -3.62. The summed E-state index contributed by atoms with van der Waals surface area (Å²) in [5, 5.41) is 0. The smallest absolute Gasteiger partial charge is 0.254 e. The molecule has 7 heteroatoms. The molecule has 0 aromatic heterocycles. The summed E-state index contributed by atoms with van der Waals surface area (Å²) in [5.74, 6) is -1.18. The first kappa shape index (κ1) is 17.9. The van der Waals surface area contributed by atoms with Crippen molar-refractivity contribution >= 4 is 27.5 Å². The number of hydrogen-bond acceptors (Lipinski definition) is 4. The quantitative estimate of drug-likeness (QED) is 0.808. The van der Waals surface area contributed by atoms with Crippen LogP contribution in [0.3, 0.4) is 0 Å². The lowest BCUT2D eigenvalue weighted by Crippen LogP contribution is -2.47. The summed E-state index contributed by atoms with van der Waals surface area (Å²) < 4.78 is 25.2. The van der Waals surface area contributed by atoms with Gasteiger partial charge in [0.05, 0.1) is 17.4 Å². The zero-order chi connectivity index (χ0) is 18.4. The number of nitrogens with zero attached hydrogens (tertiary/aromatic N) is 2. The highest BCUT2D eigenvalue weighted by atomic mass is 32.2. The minimum Gasteiger partial charge on any atom is -0.333 e. The van der Waals surface area contributed by atoms with E-state index in [1.54, 1.807) is 31.2 Å². The first-order chi connectivity index (χ1) is 11.7. The molecule has 2 aliphatic rings. The van der Waals surface area contributed by atoms with Gasteiger partial charge in [0, 0.05) is 17.6 Å². The van der Waals surface area contributed by atoms with Crippen LogP contribution in [-0.2, 0) is 14.8 Å². The van der Waals surface area contributed by atoms with Crippen molar-refractivity contribution in [3.05, 3.63) is 29.8 Å². The van der Waals surface area contributed by atoms with E-state index >= 15 is 0 Å². The molecule has 1 aromatic carbocycles. The van der Waals surface area contributed by atoms with Crippen LogP contribution in [0.15, 0.2) is 24.3 Å². The third kappa shape index (κ3) is 3.17. The van der Waals surface area contributed by atoms with Gasteiger partial charge in [-0.05, 0) is 57.4 Å². The summed E-state index contributed by atoms with van der Waals surface area (Å²) in [6.07, 6.45) is 3.11. The maximum Gasteiger partial charge on any atom is 0.254 e. The van der Waals surface area contributed by atoms with Crippen molar-refractivity contribution in [3.8, 4) is 0 Å². The van der Waals surface area contributed by atoms with Crippen LogP contribution in [0.2, 0.25) is 0 Å². The van der Waals surface area contributed by atoms with Crippen LogP contribution in [0.25, 0.3) is 0 Å². The van der Waals surface area contributed by atoms with Crippen molar-refractivity contribution in [3.63, 3.8) is 0 Å². The number of benzene rings is 1. The van der Waals surface area contributed by atoms with Crippen molar-refractivity contribution in [2.75, 3.05) is 10.1 Å². The van der Waals surface area contributed by atoms with Gasteiger partial charge in [0.25, 0.3) is 5.91 Å². The molecule has 0 saturated carbocycles. The molecule has 25 heavy (non-hydrogen) atoms. The molecule has 2 saturated heterocycles. The summed E-state index contributed by atoms with van der Waals surface area (Å²) >= 11 is 0. The maximum absolute atomic E-state index is 12.8. The van der Waals surface area contributed by atoms with Gasteiger partial charge in [0.15, 0.2) is 0 Å². The Hall–Kier alpha value is -1.89. The van der Waals surface area contributed by atoms with E-state index in [0.717, 1.165) is 23.6 Å². The zero-order valence-electron chi connectivity index (χ0n) is 14.8. The highest BCUT2D eigenvalue weighted by Gasteiger charge is 2.42. The van der Waals surface area contributed by atoms with Gasteiger partial charge in [0.1, 0.15) is 0 Å². The van der Waals surface area contributed by atoms with E-state index in [-0.39, 0.29) is 23.7 Å². The molecule has 6 nitrogen and oxygen atoms in total. The SMILES string of the molecule is CC1CS(=O)(=O)N(c2ccc(C(=O)N3[C@H](C)CCC[C@@H]3C)cc2)C1=O. The fourth-order valence-corrected chi connectivity index (χ4v) is 5.62. The van der Waals surface area contributed by atoms with Gasteiger partial charge >= 0.3 is 0 Å². The summed E-state index contributed by atoms with van der Waals surface area (Å²) in [4.78, 5) is 26.9. The number of piperidine rings is 1. The standard InChI is InChI=1S/C18H24N2O4S/c1-12-11-25(23,24)20(17(12)21)16-9-7-15(8-10-16)18(22)19-13(2)5-4-6-14(19)3/h7-10,12-14H,4-6,11H2,1-3H3/t12?,13-,14+. The lowest BCUT2D eigenvalue weighted by molar-refractivity contribution is -0.119. The van der Waals surface area contributed by atoms with Crippen molar-refractivity contribution < 1.29 is 18.0 Å². The van der Waals surface area contributed by atoms with E-state index in [1.165, 1.54) is 0 Å². The average molecular weight is 364 g/mol. The van der Waals surface area contributed by atoms with Crippen molar-refractivity contribution in [2.45, 2.75) is 52.1 Å². The molecule has 2 aliphatic heterocycles. The summed E-state index contributed by atoms with van der Waals surface area (Å²) in [5.41, 5.74) is 0.812. The number of anilines is 1. The minimum absolute atomic E-state index is 0.0461. The molecular formula is C18H24N2O4S. The van der Waals surface area contributed by atoms with Gasteiger partial charge in [-0.3, -0.25) is 9.59 Å². The summed E-state index contributed by atoms with van der Waals surface area (Å²) in [6.45, 7) is 5.72. The second-order valence-corrected chi connectivity index (χ2v) is 9.03. The summed E-state index contributed by atoms with van der Waals surface area (Å²) in [6, 6.07) is 6.68. The van der Waals surface area contributed by atoms with Crippen molar-refractivity contribution in [1.82, 2.24) is 4.90 Å². The molecule has 1 unspecified atom stereocenters. The number of hydrogen-bond donors (Lipinski definition) is 0. The van der Waals surface area contributed by atoms with Gasteiger partial charge in [-0.1, -0.05) is 6.92 Å². The van der Waals surface area contributed by atoms with E-state index in [1.807, 2.05) is 4.90 Å². The predicted octanol–water partition coefficient (Wildman–Crippen LogP) is 2.40. The second-order valence-electron chi connectivity index (χ2n) is 7.17. The molecule has 2 amide bonds. The average Bonchev–Trinajstić information content (AvgIpc) is 2.75. The molecule has 3 atom stereocenters. The lowest BCUT2D eigenvalue weighted by atomic mass is 9.96. The molecule has 0 N–H and O–H groups in total. The van der Waals surface area contributed by atoms with E-state index in [9.17, 15) is 18.0 Å². The molecule has 0 radical (unpaired) electrons. The van der Waals surface area contributed by atoms with Crippen molar-refractivity contribution in [1.29, 1.82) is 0 Å². The third-order valence-corrected chi connectivity index (χ3v) is 7.01. The van der Waals surface area contributed by atoms with Gasteiger partial charge in [-0.2, -0.15) is 0 Å². The first-order valence-corrected chi connectivity index (χ1v) is 10.3. The lowest BCUT2D eigenvalue weighted by Gasteiger charge is -2.39. The van der Waals surface area contributed by atoms with E-state index in [2.05, 4.69) is 13.8 Å². The second kappa shape index (κ2) is 6.44. The normalized spacial score (nSPS) is 29.1. The monoisotopic (exact) mass is 364 g/mol. The molecule has 2 fully saturated rings. The fraction of sp³-hybridized carbons (Fsp3) is 0.556. The number of carbonyl (C=O) groups excluding carboxylic acids is 2. The Bertz CT molecular complexity index is 778. The fourth-order valence-electron chi connectivity index (χ4n) is 3.80. The molecule has 0 aliphatic carbocycles. The van der Waals surface area contributed by atoms with Crippen LogP contribution in [0.1, 0.15) is 50.4 Å². The first-order valence-electron chi connectivity index (χ1n) is 8.72. The van der Waals surface area contributed by atoms with Crippen LogP contribution < -0.4 is 4.31 Å². The molecule has 0 spiro atoms. The van der Waals surface area contributed by atoms with Crippen LogP contribution in [0.5, 0.6) is 0 Å². The van der Waals surface area contributed by atoms with Gasteiger partial charge in [0.2, 0.25) is 15.9 Å². The third-order valence-electron chi connectivity index (χ3n) is 5.14. The highest BCUT2D eigenvalue weighted by molar-refractivity contribution is 7.94. The number of sulfonamides is 1. The van der Waals surface area contributed by atoms with Crippen LogP contribution in [-0.4, -0.2) is 43.0 Å². The summed E-state index contributed by atoms with van der Waals surface area (Å²) in [7, 11) is -3.62. The zero-order valence-corrected chi connectivity index (χ0v) is 15.6. The van der Waals surface area contributed by atoms with Crippen LogP contribution >= 0.6 is 0 Å². The number of amides is 2. The topological polar surface area (TPSA) is 74.8 Å². The molecular weight excluding hydrogens is 340 g/mol. The van der Waals surface area contributed by atoms with Gasteiger partial charge in [-0.15, -0.1) is 0 Å². The Morgan fingerprint density at radius 2 is 1.60 bits per heavy atom. The molecule has 3 rings (SSSR count). The Morgan fingerprint density at radius 1 is 1.04 bits per heavy atom. The van der Waals surface area contributed by atoms with Gasteiger partial charge < -0.3 is 4.90 Å². The highest BCUT2D eigenvalue weighted by Crippen LogP contribution is 2.29.